The lowest BCUT2D eigenvalue weighted by Crippen LogP contribution is -1.93. The SMILES string of the molecule is O=C(O)CCCCCCCCc1cccs1. The average Bonchev–Trinajstić information content (AvgIpc) is 2.74. The molecule has 1 heterocycles. The zero-order chi connectivity index (χ0) is 11.6. The van der Waals surface area contributed by atoms with E-state index in [4.69, 9.17) is 5.11 Å². The van der Waals surface area contributed by atoms with E-state index in [9.17, 15) is 4.79 Å². The quantitative estimate of drug-likeness (QED) is 0.660. The first-order chi connectivity index (χ1) is 7.79. The standard InChI is InChI=1S/C13H20O2S/c14-13(15)10-6-4-2-1-3-5-8-12-9-7-11-16-12/h7,9,11H,1-6,8,10H2,(H,14,15). The largest absolute Gasteiger partial charge is 0.481 e. The van der Waals surface area contributed by atoms with Crippen molar-refractivity contribution in [1.29, 1.82) is 0 Å². The van der Waals surface area contributed by atoms with Gasteiger partial charge in [-0.15, -0.1) is 11.3 Å². The first-order valence-electron chi connectivity index (χ1n) is 6.03. The summed E-state index contributed by atoms with van der Waals surface area (Å²) in [7, 11) is 0. The van der Waals surface area contributed by atoms with Gasteiger partial charge in [0.05, 0.1) is 0 Å². The van der Waals surface area contributed by atoms with Gasteiger partial charge in [-0.3, -0.25) is 4.79 Å². The number of aryl methyl sites for hydroxylation is 1. The van der Waals surface area contributed by atoms with Crippen LogP contribution in [0.3, 0.4) is 0 Å². The zero-order valence-corrected chi connectivity index (χ0v) is 10.5. The highest BCUT2D eigenvalue weighted by molar-refractivity contribution is 7.09. The van der Waals surface area contributed by atoms with Gasteiger partial charge in [0.1, 0.15) is 0 Å². The fourth-order valence-electron chi connectivity index (χ4n) is 1.74. The number of thiophene rings is 1. The molecule has 0 aromatic carbocycles. The van der Waals surface area contributed by atoms with Gasteiger partial charge in [-0.1, -0.05) is 31.7 Å². The van der Waals surface area contributed by atoms with Crippen LogP contribution in [0.25, 0.3) is 0 Å². The number of aliphatic carboxylic acids is 1. The summed E-state index contributed by atoms with van der Waals surface area (Å²) < 4.78 is 0. The van der Waals surface area contributed by atoms with Gasteiger partial charge in [0, 0.05) is 11.3 Å². The van der Waals surface area contributed by atoms with Gasteiger partial charge >= 0.3 is 5.97 Å². The molecule has 0 aliphatic carbocycles. The van der Waals surface area contributed by atoms with Crippen molar-refractivity contribution in [2.24, 2.45) is 0 Å². The summed E-state index contributed by atoms with van der Waals surface area (Å²) in [6, 6.07) is 4.30. The minimum Gasteiger partial charge on any atom is -0.481 e. The first-order valence-corrected chi connectivity index (χ1v) is 6.91. The van der Waals surface area contributed by atoms with Crippen molar-refractivity contribution in [1.82, 2.24) is 0 Å². The molecule has 0 unspecified atom stereocenters. The second-order valence-corrected chi connectivity index (χ2v) is 5.13. The van der Waals surface area contributed by atoms with Crippen molar-refractivity contribution in [3.05, 3.63) is 22.4 Å². The van der Waals surface area contributed by atoms with E-state index in [0.29, 0.717) is 6.42 Å². The molecule has 0 amide bonds. The van der Waals surface area contributed by atoms with Gasteiger partial charge in [-0.2, -0.15) is 0 Å². The van der Waals surface area contributed by atoms with E-state index < -0.39 is 5.97 Å². The van der Waals surface area contributed by atoms with E-state index in [1.165, 1.54) is 37.0 Å². The van der Waals surface area contributed by atoms with E-state index >= 15 is 0 Å². The van der Waals surface area contributed by atoms with Crippen LogP contribution in [0, 0.1) is 0 Å². The lowest BCUT2D eigenvalue weighted by Gasteiger charge is -2.00. The van der Waals surface area contributed by atoms with Crippen LogP contribution in [-0.2, 0) is 11.2 Å². The lowest BCUT2D eigenvalue weighted by atomic mass is 10.1. The predicted octanol–water partition coefficient (Wildman–Crippen LogP) is 4.11. The summed E-state index contributed by atoms with van der Waals surface area (Å²) in [5.74, 6) is -0.669. The van der Waals surface area contributed by atoms with Gasteiger partial charge in [0.15, 0.2) is 0 Å². The second-order valence-electron chi connectivity index (χ2n) is 4.09. The average molecular weight is 240 g/mol. The summed E-state index contributed by atoms with van der Waals surface area (Å²) >= 11 is 1.83. The maximum Gasteiger partial charge on any atom is 0.303 e. The van der Waals surface area contributed by atoms with Crippen LogP contribution < -0.4 is 0 Å². The maximum atomic E-state index is 10.3. The van der Waals surface area contributed by atoms with E-state index in [-0.39, 0.29) is 0 Å². The third kappa shape index (κ3) is 6.62. The highest BCUT2D eigenvalue weighted by Gasteiger charge is 1.97. The van der Waals surface area contributed by atoms with E-state index in [0.717, 1.165) is 12.8 Å². The summed E-state index contributed by atoms with van der Waals surface area (Å²) in [6.07, 6.45) is 8.38. The molecule has 0 aliphatic rings. The Morgan fingerprint density at radius 2 is 1.81 bits per heavy atom. The first kappa shape index (κ1) is 13.2. The minimum atomic E-state index is -0.669. The Kier molecular flexibility index (Phi) is 6.90. The molecule has 16 heavy (non-hydrogen) atoms. The van der Waals surface area contributed by atoms with Crippen LogP contribution in [0.5, 0.6) is 0 Å². The summed E-state index contributed by atoms with van der Waals surface area (Å²) in [6.45, 7) is 0. The third-order valence-electron chi connectivity index (χ3n) is 2.64. The van der Waals surface area contributed by atoms with Crippen molar-refractivity contribution >= 4 is 17.3 Å². The van der Waals surface area contributed by atoms with Crippen LogP contribution in [0.4, 0.5) is 0 Å². The number of carboxylic acid groups (broad SMARTS) is 1. The summed E-state index contributed by atoms with van der Waals surface area (Å²) in [5.41, 5.74) is 0. The van der Waals surface area contributed by atoms with E-state index in [1.807, 2.05) is 11.3 Å². The monoisotopic (exact) mass is 240 g/mol. The van der Waals surface area contributed by atoms with Gasteiger partial charge in [0.2, 0.25) is 0 Å². The number of carbonyl (C=O) groups is 1. The summed E-state index contributed by atoms with van der Waals surface area (Å²) in [5, 5.41) is 10.6. The Labute approximate surface area is 101 Å². The summed E-state index contributed by atoms with van der Waals surface area (Å²) in [4.78, 5) is 11.7. The van der Waals surface area contributed by atoms with Gasteiger partial charge < -0.3 is 5.11 Å². The van der Waals surface area contributed by atoms with Crippen molar-refractivity contribution < 1.29 is 9.90 Å². The zero-order valence-electron chi connectivity index (χ0n) is 9.65. The number of rotatable bonds is 9. The van der Waals surface area contributed by atoms with Crippen molar-refractivity contribution in [2.45, 2.75) is 51.4 Å². The molecular formula is C13H20O2S. The normalized spacial score (nSPS) is 10.5. The molecule has 1 rings (SSSR count). The molecule has 1 N–H and O–H groups in total. The topological polar surface area (TPSA) is 37.3 Å². The molecule has 0 atom stereocenters. The number of carboxylic acids is 1. The molecule has 1 aromatic heterocycles. The van der Waals surface area contributed by atoms with Crippen LogP contribution in [0.2, 0.25) is 0 Å². The number of unbranched alkanes of at least 4 members (excludes halogenated alkanes) is 5. The Morgan fingerprint density at radius 1 is 1.12 bits per heavy atom. The maximum absolute atomic E-state index is 10.3. The molecular weight excluding hydrogens is 220 g/mol. The van der Waals surface area contributed by atoms with Gasteiger partial charge in [-0.05, 0) is 30.7 Å². The van der Waals surface area contributed by atoms with Crippen molar-refractivity contribution in [3.63, 3.8) is 0 Å². The Hall–Kier alpha value is -0.830. The lowest BCUT2D eigenvalue weighted by molar-refractivity contribution is -0.137. The Bertz CT molecular complexity index is 280. The third-order valence-corrected chi connectivity index (χ3v) is 3.58. The van der Waals surface area contributed by atoms with E-state index in [1.54, 1.807) is 0 Å². The van der Waals surface area contributed by atoms with Crippen molar-refractivity contribution in [2.75, 3.05) is 0 Å². The molecule has 2 nitrogen and oxygen atoms in total. The molecule has 0 saturated carbocycles. The smallest absolute Gasteiger partial charge is 0.303 e. The molecule has 0 spiro atoms. The predicted molar refractivity (Wildman–Crippen MR) is 68.0 cm³/mol. The Morgan fingerprint density at radius 3 is 2.44 bits per heavy atom. The van der Waals surface area contributed by atoms with Crippen LogP contribution >= 0.6 is 11.3 Å². The minimum absolute atomic E-state index is 0.329. The molecule has 0 radical (unpaired) electrons. The Balaban J connectivity index is 1.83. The molecule has 0 saturated heterocycles. The van der Waals surface area contributed by atoms with Gasteiger partial charge in [0.25, 0.3) is 0 Å². The highest BCUT2D eigenvalue weighted by atomic mass is 32.1. The molecule has 0 aliphatic heterocycles. The fourth-order valence-corrected chi connectivity index (χ4v) is 2.49. The van der Waals surface area contributed by atoms with Gasteiger partial charge in [-0.25, -0.2) is 0 Å². The van der Waals surface area contributed by atoms with E-state index in [2.05, 4.69) is 17.5 Å². The van der Waals surface area contributed by atoms with Crippen molar-refractivity contribution in [3.8, 4) is 0 Å². The fraction of sp³-hybridized carbons (Fsp3) is 0.615. The van der Waals surface area contributed by atoms with Crippen LogP contribution in [-0.4, -0.2) is 11.1 Å². The number of hydrogen-bond donors (Lipinski definition) is 1. The van der Waals surface area contributed by atoms with Crippen LogP contribution in [0.1, 0.15) is 49.8 Å². The number of hydrogen-bond acceptors (Lipinski definition) is 2. The molecule has 0 fully saturated rings. The highest BCUT2D eigenvalue weighted by Crippen LogP contribution is 2.14. The molecule has 1 aromatic rings. The van der Waals surface area contributed by atoms with Crippen LogP contribution in [0.15, 0.2) is 17.5 Å². The molecule has 3 heteroatoms. The second kappa shape index (κ2) is 8.34. The molecule has 0 bridgehead atoms. The molecule has 90 valence electrons.